The predicted molar refractivity (Wildman–Crippen MR) is 98.9 cm³/mol. The van der Waals surface area contributed by atoms with Gasteiger partial charge in [0.15, 0.2) is 6.10 Å². The minimum Gasteiger partial charge on any atom is -0.497 e. The molecular weight excluding hydrogens is 335 g/mol. The maximum absolute atomic E-state index is 13.2. The number of rotatable bonds is 8. The molecular formula is C20H25FN2O3. The number of halogens is 1. The third kappa shape index (κ3) is 5.46. The Kier molecular flexibility index (Phi) is 6.97. The molecule has 0 aliphatic carbocycles. The van der Waals surface area contributed by atoms with Crippen molar-refractivity contribution < 1.29 is 18.7 Å². The molecule has 1 amide bonds. The number of nitrogens with one attached hydrogen (secondary N) is 1. The normalized spacial score (nSPS) is 13.2. The van der Waals surface area contributed by atoms with Gasteiger partial charge in [-0.15, -0.1) is 0 Å². The van der Waals surface area contributed by atoms with Gasteiger partial charge < -0.3 is 19.7 Å². The van der Waals surface area contributed by atoms with Crippen LogP contribution in [0.1, 0.15) is 18.5 Å². The molecule has 2 aromatic carbocycles. The molecule has 0 spiro atoms. The average Bonchev–Trinajstić information content (AvgIpc) is 2.61. The van der Waals surface area contributed by atoms with Crippen LogP contribution in [0.2, 0.25) is 0 Å². The van der Waals surface area contributed by atoms with E-state index in [1.165, 1.54) is 12.1 Å². The number of carbonyl (C=O) groups excluding carboxylic acids is 1. The number of carbonyl (C=O) groups is 1. The fourth-order valence-corrected chi connectivity index (χ4v) is 2.59. The predicted octanol–water partition coefficient (Wildman–Crippen LogP) is 3.02. The lowest BCUT2D eigenvalue weighted by Crippen LogP contribution is -2.41. The summed E-state index contributed by atoms with van der Waals surface area (Å²) in [5.41, 5.74) is 1.04. The highest BCUT2D eigenvalue weighted by molar-refractivity contribution is 5.80. The second-order valence-corrected chi connectivity index (χ2v) is 6.22. The quantitative estimate of drug-likeness (QED) is 0.786. The smallest absolute Gasteiger partial charge is 0.260 e. The number of likely N-dealkylation sites (N-methyl/N-ethyl adjacent to an activating group) is 1. The molecule has 1 N–H and O–H groups in total. The molecule has 0 aliphatic rings. The molecule has 140 valence electrons. The van der Waals surface area contributed by atoms with Gasteiger partial charge in [0.2, 0.25) is 0 Å². The summed E-state index contributed by atoms with van der Waals surface area (Å²) < 4.78 is 24.0. The molecule has 0 aromatic heterocycles. The lowest BCUT2D eigenvalue weighted by atomic mass is 10.1. The Hall–Kier alpha value is -2.60. The lowest BCUT2D eigenvalue weighted by molar-refractivity contribution is -0.127. The zero-order valence-electron chi connectivity index (χ0n) is 15.5. The van der Waals surface area contributed by atoms with Crippen LogP contribution in [0, 0.1) is 5.82 Å². The molecule has 0 bridgehead atoms. The zero-order valence-corrected chi connectivity index (χ0v) is 15.5. The van der Waals surface area contributed by atoms with E-state index in [4.69, 9.17) is 9.47 Å². The first-order valence-corrected chi connectivity index (χ1v) is 8.41. The SMILES string of the molecule is COc1cccc(C(CNC(=O)C(C)Oc2cccc(F)c2)N(C)C)c1. The third-order valence-electron chi connectivity index (χ3n) is 4.05. The van der Waals surface area contributed by atoms with Gasteiger partial charge in [0.05, 0.1) is 13.2 Å². The first kappa shape index (κ1) is 19.7. The number of hydrogen-bond acceptors (Lipinski definition) is 4. The molecule has 0 saturated carbocycles. The van der Waals surface area contributed by atoms with Gasteiger partial charge in [-0.2, -0.15) is 0 Å². The van der Waals surface area contributed by atoms with Crippen molar-refractivity contribution in [2.75, 3.05) is 27.7 Å². The zero-order chi connectivity index (χ0) is 19.1. The van der Waals surface area contributed by atoms with Crippen LogP contribution in [0.5, 0.6) is 11.5 Å². The topological polar surface area (TPSA) is 50.8 Å². The van der Waals surface area contributed by atoms with E-state index < -0.39 is 11.9 Å². The Morgan fingerprint density at radius 3 is 2.50 bits per heavy atom. The molecule has 2 aromatic rings. The highest BCUT2D eigenvalue weighted by Gasteiger charge is 2.19. The highest BCUT2D eigenvalue weighted by atomic mass is 19.1. The molecule has 2 unspecified atom stereocenters. The first-order valence-electron chi connectivity index (χ1n) is 8.41. The Morgan fingerprint density at radius 2 is 1.85 bits per heavy atom. The molecule has 2 rings (SSSR count). The Morgan fingerprint density at radius 1 is 1.15 bits per heavy atom. The van der Waals surface area contributed by atoms with Crippen molar-refractivity contribution in [3.8, 4) is 11.5 Å². The van der Waals surface area contributed by atoms with Gasteiger partial charge in [0.25, 0.3) is 5.91 Å². The average molecular weight is 360 g/mol. The standard InChI is InChI=1S/C20H25FN2O3/c1-14(26-18-10-6-8-16(21)12-18)20(24)22-13-19(23(2)3)15-7-5-9-17(11-15)25-4/h5-12,14,19H,13H2,1-4H3,(H,22,24). The summed E-state index contributed by atoms with van der Waals surface area (Å²) in [6, 6.07) is 13.5. The number of benzene rings is 2. The van der Waals surface area contributed by atoms with E-state index in [9.17, 15) is 9.18 Å². The minimum atomic E-state index is -0.732. The summed E-state index contributed by atoms with van der Waals surface area (Å²) in [6.07, 6.45) is -0.732. The number of ether oxygens (including phenoxy) is 2. The van der Waals surface area contributed by atoms with Crippen LogP contribution in [-0.2, 0) is 4.79 Å². The van der Waals surface area contributed by atoms with Crippen LogP contribution >= 0.6 is 0 Å². The fourth-order valence-electron chi connectivity index (χ4n) is 2.59. The van der Waals surface area contributed by atoms with Gasteiger partial charge in [-0.1, -0.05) is 18.2 Å². The van der Waals surface area contributed by atoms with Crippen LogP contribution in [0.4, 0.5) is 4.39 Å². The van der Waals surface area contributed by atoms with Gasteiger partial charge in [-0.3, -0.25) is 4.79 Å². The summed E-state index contributed by atoms with van der Waals surface area (Å²) in [6.45, 7) is 2.05. The van der Waals surface area contributed by atoms with Crippen molar-refractivity contribution in [3.05, 3.63) is 59.9 Å². The van der Waals surface area contributed by atoms with E-state index >= 15 is 0 Å². The van der Waals surface area contributed by atoms with E-state index in [-0.39, 0.29) is 11.9 Å². The van der Waals surface area contributed by atoms with E-state index in [2.05, 4.69) is 5.32 Å². The van der Waals surface area contributed by atoms with Crippen molar-refractivity contribution in [3.63, 3.8) is 0 Å². The molecule has 26 heavy (non-hydrogen) atoms. The molecule has 0 aliphatic heterocycles. The maximum Gasteiger partial charge on any atom is 0.260 e. The highest BCUT2D eigenvalue weighted by Crippen LogP contribution is 2.22. The molecule has 2 atom stereocenters. The Balaban J connectivity index is 1.98. The van der Waals surface area contributed by atoms with Crippen molar-refractivity contribution in [1.82, 2.24) is 10.2 Å². The van der Waals surface area contributed by atoms with E-state index in [1.807, 2.05) is 43.3 Å². The summed E-state index contributed by atoms with van der Waals surface area (Å²) >= 11 is 0. The van der Waals surface area contributed by atoms with Crippen LogP contribution in [0.25, 0.3) is 0 Å². The first-order chi connectivity index (χ1) is 12.4. The number of hydrogen-bond donors (Lipinski definition) is 1. The Labute approximate surface area is 153 Å². The maximum atomic E-state index is 13.2. The second kappa shape index (κ2) is 9.20. The van der Waals surface area contributed by atoms with Crippen LogP contribution < -0.4 is 14.8 Å². The number of amides is 1. The lowest BCUT2D eigenvalue weighted by Gasteiger charge is -2.26. The largest absolute Gasteiger partial charge is 0.497 e. The summed E-state index contributed by atoms with van der Waals surface area (Å²) in [5.74, 6) is 0.429. The molecule has 6 heteroatoms. The minimum absolute atomic E-state index is 0.0181. The van der Waals surface area contributed by atoms with E-state index in [0.717, 1.165) is 11.3 Å². The summed E-state index contributed by atoms with van der Waals surface area (Å²) in [5, 5.41) is 2.89. The van der Waals surface area contributed by atoms with Gasteiger partial charge in [0, 0.05) is 12.6 Å². The van der Waals surface area contributed by atoms with Crippen LogP contribution in [0.3, 0.4) is 0 Å². The van der Waals surface area contributed by atoms with Crippen LogP contribution in [0.15, 0.2) is 48.5 Å². The van der Waals surface area contributed by atoms with Crippen molar-refractivity contribution >= 4 is 5.91 Å². The van der Waals surface area contributed by atoms with Gasteiger partial charge in [-0.05, 0) is 50.8 Å². The molecule has 5 nitrogen and oxygen atoms in total. The monoisotopic (exact) mass is 360 g/mol. The fraction of sp³-hybridized carbons (Fsp3) is 0.350. The van der Waals surface area contributed by atoms with Crippen molar-refractivity contribution in [1.29, 1.82) is 0 Å². The molecule has 0 fully saturated rings. The van der Waals surface area contributed by atoms with Crippen molar-refractivity contribution in [2.24, 2.45) is 0 Å². The molecule has 0 saturated heterocycles. The summed E-state index contributed by atoms with van der Waals surface area (Å²) in [4.78, 5) is 14.4. The van der Waals surface area contributed by atoms with Crippen molar-refractivity contribution in [2.45, 2.75) is 19.1 Å². The number of methoxy groups -OCH3 is 1. The second-order valence-electron chi connectivity index (χ2n) is 6.22. The van der Waals surface area contributed by atoms with Gasteiger partial charge in [0.1, 0.15) is 17.3 Å². The van der Waals surface area contributed by atoms with Gasteiger partial charge >= 0.3 is 0 Å². The Bertz CT molecular complexity index is 737. The third-order valence-corrected chi connectivity index (χ3v) is 4.05. The van der Waals surface area contributed by atoms with Crippen LogP contribution in [-0.4, -0.2) is 44.7 Å². The molecule has 0 heterocycles. The van der Waals surface area contributed by atoms with E-state index in [1.54, 1.807) is 26.2 Å². The molecule has 0 radical (unpaired) electrons. The van der Waals surface area contributed by atoms with E-state index in [0.29, 0.717) is 12.3 Å². The van der Waals surface area contributed by atoms with Gasteiger partial charge in [-0.25, -0.2) is 4.39 Å². The summed E-state index contributed by atoms with van der Waals surface area (Å²) in [7, 11) is 5.52. The number of nitrogens with zero attached hydrogens (tertiary/aromatic N) is 1.